The van der Waals surface area contributed by atoms with Crippen LogP contribution in [0.25, 0.3) is 0 Å². The highest BCUT2D eigenvalue weighted by molar-refractivity contribution is 5.81. The Morgan fingerprint density at radius 2 is 2.00 bits per heavy atom. The molecule has 0 amide bonds. The fourth-order valence-electron chi connectivity index (χ4n) is 2.77. The molecule has 0 saturated heterocycles. The van der Waals surface area contributed by atoms with Gasteiger partial charge in [-0.1, -0.05) is 24.3 Å². The Kier molecular flexibility index (Phi) is 4.39. The van der Waals surface area contributed by atoms with Crippen molar-refractivity contribution in [1.29, 1.82) is 5.41 Å². The van der Waals surface area contributed by atoms with Crippen LogP contribution in [0.4, 0.5) is 0 Å². The Bertz CT molecular complexity index is 670. The van der Waals surface area contributed by atoms with Gasteiger partial charge in [-0.15, -0.1) is 0 Å². The predicted molar refractivity (Wildman–Crippen MR) is 86.9 cm³/mol. The van der Waals surface area contributed by atoms with E-state index in [9.17, 15) is 5.11 Å². The average molecular weight is 296 g/mol. The van der Waals surface area contributed by atoms with Gasteiger partial charge >= 0.3 is 0 Å². The van der Waals surface area contributed by atoms with Crippen molar-refractivity contribution in [3.63, 3.8) is 0 Å². The lowest BCUT2D eigenvalue weighted by Gasteiger charge is -2.28. The van der Waals surface area contributed by atoms with E-state index in [0.717, 1.165) is 32.3 Å². The van der Waals surface area contributed by atoms with Crippen LogP contribution >= 0.6 is 0 Å². The van der Waals surface area contributed by atoms with Crippen LogP contribution in [0.3, 0.4) is 0 Å². The largest absolute Gasteiger partial charge is 0.507 e. The third-order valence-corrected chi connectivity index (χ3v) is 4.04. The topological polar surface area (TPSA) is 56.5 Å². The molecular weight excluding hydrogens is 276 g/mol. The normalized spacial score (nSPS) is 14.4. The van der Waals surface area contributed by atoms with Crippen molar-refractivity contribution in [1.82, 2.24) is 4.90 Å². The van der Waals surface area contributed by atoms with Gasteiger partial charge in [0.1, 0.15) is 18.1 Å². The van der Waals surface area contributed by atoms with Crippen LogP contribution in [-0.4, -0.2) is 35.9 Å². The molecule has 2 aromatic carbocycles. The van der Waals surface area contributed by atoms with E-state index in [1.165, 1.54) is 11.1 Å². The summed E-state index contributed by atoms with van der Waals surface area (Å²) in [6.07, 6.45) is 2.22. The first-order valence-corrected chi connectivity index (χ1v) is 7.51. The number of phenols is 1. The SMILES string of the molecule is N=Cc1ccc(OCCN2CCc3ccccc3C2)cc1O. The summed E-state index contributed by atoms with van der Waals surface area (Å²) in [4.78, 5) is 2.38. The molecule has 0 saturated carbocycles. The van der Waals surface area contributed by atoms with Gasteiger partial charge in [-0.25, -0.2) is 0 Å². The first-order valence-electron chi connectivity index (χ1n) is 7.51. The maximum atomic E-state index is 9.71. The second kappa shape index (κ2) is 6.62. The maximum absolute atomic E-state index is 9.71. The molecule has 22 heavy (non-hydrogen) atoms. The number of fused-ring (bicyclic) bond motifs is 1. The van der Waals surface area contributed by atoms with E-state index >= 15 is 0 Å². The third-order valence-electron chi connectivity index (χ3n) is 4.04. The number of nitrogens with zero attached hydrogens (tertiary/aromatic N) is 1. The molecular formula is C18H20N2O2. The zero-order chi connectivity index (χ0) is 15.4. The molecule has 0 radical (unpaired) electrons. The minimum Gasteiger partial charge on any atom is -0.507 e. The second-order valence-electron chi connectivity index (χ2n) is 5.51. The van der Waals surface area contributed by atoms with E-state index in [4.69, 9.17) is 10.1 Å². The van der Waals surface area contributed by atoms with Crippen LogP contribution in [0.2, 0.25) is 0 Å². The lowest BCUT2D eigenvalue weighted by Crippen LogP contribution is -2.33. The van der Waals surface area contributed by atoms with Gasteiger partial charge in [0, 0.05) is 37.5 Å². The highest BCUT2D eigenvalue weighted by atomic mass is 16.5. The van der Waals surface area contributed by atoms with Gasteiger partial charge in [-0.3, -0.25) is 4.90 Å². The van der Waals surface area contributed by atoms with Crippen LogP contribution in [0.15, 0.2) is 42.5 Å². The lowest BCUT2D eigenvalue weighted by molar-refractivity contribution is 0.196. The summed E-state index contributed by atoms with van der Waals surface area (Å²) in [5.41, 5.74) is 3.36. The number of hydrogen-bond acceptors (Lipinski definition) is 4. The van der Waals surface area contributed by atoms with Crippen molar-refractivity contribution in [2.24, 2.45) is 0 Å². The molecule has 4 nitrogen and oxygen atoms in total. The van der Waals surface area contributed by atoms with E-state index < -0.39 is 0 Å². The summed E-state index contributed by atoms with van der Waals surface area (Å²) < 4.78 is 5.70. The highest BCUT2D eigenvalue weighted by Gasteiger charge is 2.15. The molecule has 0 bridgehead atoms. The molecule has 0 atom stereocenters. The molecule has 4 heteroatoms. The molecule has 2 N–H and O–H groups in total. The van der Waals surface area contributed by atoms with E-state index in [1.54, 1.807) is 18.2 Å². The van der Waals surface area contributed by atoms with Crippen molar-refractivity contribution >= 4 is 6.21 Å². The van der Waals surface area contributed by atoms with Gasteiger partial charge in [-0.2, -0.15) is 0 Å². The standard InChI is InChI=1S/C18H20N2O2/c19-12-15-5-6-17(11-18(15)21)22-10-9-20-8-7-14-3-1-2-4-16(14)13-20/h1-6,11-12,19,21H,7-10,13H2. The van der Waals surface area contributed by atoms with Crippen LogP contribution < -0.4 is 4.74 Å². The van der Waals surface area contributed by atoms with Crippen LogP contribution in [-0.2, 0) is 13.0 Å². The Morgan fingerprint density at radius 3 is 2.77 bits per heavy atom. The number of aromatic hydroxyl groups is 1. The van der Waals surface area contributed by atoms with Gasteiger partial charge in [0.15, 0.2) is 0 Å². The number of ether oxygens (including phenoxy) is 1. The number of hydrogen-bond donors (Lipinski definition) is 2. The summed E-state index contributed by atoms with van der Waals surface area (Å²) in [7, 11) is 0. The molecule has 0 unspecified atom stereocenters. The fourth-order valence-corrected chi connectivity index (χ4v) is 2.77. The van der Waals surface area contributed by atoms with Crippen LogP contribution in [0.1, 0.15) is 16.7 Å². The molecule has 3 rings (SSSR count). The van der Waals surface area contributed by atoms with Gasteiger partial charge in [-0.05, 0) is 29.7 Å². The minimum absolute atomic E-state index is 0.0828. The second-order valence-corrected chi connectivity index (χ2v) is 5.51. The molecule has 0 fully saturated rings. The molecule has 114 valence electrons. The van der Waals surface area contributed by atoms with E-state index in [-0.39, 0.29) is 5.75 Å². The first-order chi connectivity index (χ1) is 10.8. The Hall–Kier alpha value is -2.33. The van der Waals surface area contributed by atoms with Gasteiger partial charge in [0.25, 0.3) is 0 Å². The zero-order valence-corrected chi connectivity index (χ0v) is 12.5. The molecule has 0 aromatic heterocycles. The zero-order valence-electron chi connectivity index (χ0n) is 12.5. The molecule has 0 aliphatic carbocycles. The third kappa shape index (κ3) is 3.28. The summed E-state index contributed by atoms with van der Waals surface area (Å²) in [6, 6.07) is 13.6. The maximum Gasteiger partial charge on any atom is 0.128 e. The molecule has 1 aliphatic rings. The lowest BCUT2D eigenvalue weighted by atomic mass is 10.0. The fraction of sp³-hybridized carbons (Fsp3) is 0.278. The van der Waals surface area contributed by atoms with Gasteiger partial charge < -0.3 is 15.3 Å². The van der Waals surface area contributed by atoms with E-state index in [0.29, 0.717) is 17.9 Å². The summed E-state index contributed by atoms with van der Waals surface area (Å²) in [5, 5.41) is 16.9. The average Bonchev–Trinajstić information content (AvgIpc) is 2.55. The van der Waals surface area contributed by atoms with Crippen molar-refractivity contribution < 1.29 is 9.84 Å². The number of benzene rings is 2. The number of rotatable bonds is 5. The van der Waals surface area contributed by atoms with Crippen LogP contribution in [0, 0.1) is 5.41 Å². The Labute approximate surface area is 130 Å². The van der Waals surface area contributed by atoms with Gasteiger partial charge in [0.2, 0.25) is 0 Å². The minimum atomic E-state index is 0.0828. The number of nitrogens with one attached hydrogen (secondary N) is 1. The Morgan fingerprint density at radius 1 is 1.18 bits per heavy atom. The summed E-state index contributed by atoms with van der Waals surface area (Å²) in [5.74, 6) is 0.722. The van der Waals surface area contributed by atoms with Crippen molar-refractivity contribution in [2.75, 3.05) is 19.7 Å². The quantitative estimate of drug-likeness (QED) is 0.834. The van der Waals surface area contributed by atoms with Crippen molar-refractivity contribution in [3.8, 4) is 11.5 Å². The molecule has 1 heterocycles. The summed E-state index contributed by atoms with van der Waals surface area (Å²) >= 11 is 0. The molecule has 2 aromatic rings. The van der Waals surface area contributed by atoms with Gasteiger partial charge in [0.05, 0.1) is 0 Å². The van der Waals surface area contributed by atoms with Crippen molar-refractivity contribution in [2.45, 2.75) is 13.0 Å². The molecule has 1 aliphatic heterocycles. The van der Waals surface area contributed by atoms with Crippen molar-refractivity contribution in [3.05, 3.63) is 59.2 Å². The Balaban J connectivity index is 1.52. The number of phenolic OH excluding ortho intramolecular Hbond substituents is 1. The predicted octanol–water partition coefficient (Wildman–Crippen LogP) is 2.83. The smallest absolute Gasteiger partial charge is 0.128 e. The van der Waals surface area contributed by atoms with E-state index in [2.05, 4.69) is 29.2 Å². The van der Waals surface area contributed by atoms with E-state index in [1.807, 2.05) is 0 Å². The first kappa shape index (κ1) is 14.6. The molecule has 0 spiro atoms. The summed E-state index contributed by atoms with van der Waals surface area (Å²) in [6.45, 7) is 3.48. The van der Waals surface area contributed by atoms with Crippen LogP contribution in [0.5, 0.6) is 11.5 Å². The monoisotopic (exact) mass is 296 g/mol. The highest BCUT2D eigenvalue weighted by Crippen LogP contribution is 2.22.